The Morgan fingerprint density at radius 2 is 1.67 bits per heavy atom. The molecular weight excluding hydrogens is 304 g/mol. The van der Waals surface area contributed by atoms with Gasteiger partial charge in [-0.2, -0.15) is 0 Å². The molecule has 0 fully saturated rings. The molecule has 0 nitrogen and oxygen atoms in total. The summed E-state index contributed by atoms with van der Waals surface area (Å²) in [4.78, 5) is 0. The van der Waals surface area contributed by atoms with Gasteiger partial charge in [0.15, 0.2) is 0 Å². The largest absolute Gasteiger partial charge is 0.113 e. The first kappa shape index (κ1) is 15.9. The van der Waals surface area contributed by atoms with E-state index >= 15 is 0 Å². The van der Waals surface area contributed by atoms with Crippen molar-refractivity contribution >= 4 is 18.5 Å². The molecule has 4 rings (SSSR count). The maximum absolute atomic E-state index is 2.55. The molecule has 1 heteroatoms. The molecule has 2 aromatic carbocycles. The van der Waals surface area contributed by atoms with Crippen molar-refractivity contribution in [2.24, 2.45) is 0 Å². The lowest BCUT2D eigenvalue weighted by Gasteiger charge is -2.21. The summed E-state index contributed by atoms with van der Waals surface area (Å²) < 4.78 is 0. The molecule has 124 valence electrons. The summed E-state index contributed by atoms with van der Waals surface area (Å²) in [6.07, 6.45) is 3.61. The summed E-state index contributed by atoms with van der Waals surface area (Å²) >= 11 is 0. The second-order valence-electron chi connectivity index (χ2n) is 8.09. The van der Waals surface area contributed by atoms with Gasteiger partial charge in [0, 0.05) is 0 Å². The predicted octanol–water partition coefficient (Wildman–Crippen LogP) is 6.06. The van der Waals surface area contributed by atoms with Crippen LogP contribution in [0.4, 0.5) is 0 Å². The van der Waals surface area contributed by atoms with Gasteiger partial charge < -0.3 is 0 Å². The first-order valence-corrected chi connectivity index (χ1v) is 12.5. The molecular formula is C23H28Si. The summed E-state index contributed by atoms with van der Waals surface area (Å²) in [5.74, 6) is 0.651. The zero-order valence-electron chi connectivity index (χ0n) is 15.7. The number of hydrogen-bond donors (Lipinski definition) is 0. The number of rotatable bonds is 4. The van der Waals surface area contributed by atoms with Crippen LogP contribution in [0.2, 0.25) is 13.1 Å². The highest BCUT2D eigenvalue weighted by molar-refractivity contribution is 7.07. The predicted molar refractivity (Wildman–Crippen MR) is 109 cm³/mol. The van der Waals surface area contributed by atoms with E-state index in [0.717, 1.165) is 0 Å². The molecule has 1 atom stereocenters. The van der Waals surface area contributed by atoms with Gasteiger partial charge in [-0.05, 0) is 63.4 Å². The molecule has 2 aliphatic rings. The molecule has 0 spiro atoms. The molecule has 1 unspecified atom stereocenters. The smallest absolute Gasteiger partial charge is 0.0658 e. The first-order valence-electron chi connectivity index (χ1n) is 9.48. The highest BCUT2D eigenvalue weighted by Crippen LogP contribution is 2.49. The van der Waals surface area contributed by atoms with E-state index < -0.39 is 8.07 Å². The van der Waals surface area contributed by atoms with Crippen molar-refractivity contribution in [3.8, 4) is 11.1 Å². The monoisotopic (exact) mass is 332 g/mol. The molecule has 0 aromatic heterocycles. The van der Waals surface area contributed by atoms with Gasteiger partial charge in [0.2, 0.25) is 0 Å². The maximum atomic E-state index is 2.55. The average molecular weight is 333 g/mol. The van der Waals surface area contributed by atoms with Gasteiger partial charge in [-0.1, -0.05) is 75.8 Å². The minimum Gasteiger partial charge on any atom is -0.0658 e. The minimum absolute atomic E-state index is 0.651. The molecule has 1 aliphatic carbocycles. The van der Waals surface area contributed by atoms with E-state index in [-0.39, 0.29) is 0 Å². The Kier molecular flexibility index (Phi) is 3.61. The van der Waals surface area contributed by atoms with Crippen molar-refractivity contribution in [1.82, 2.24) is 0 Å². The van der Waals surface area contributed by atoms with Gasteiger partial charge in [-0.25, -0.2) is 0 Å². The second kappa shape index (κ2) is 5.45. The van der Waals surface area contributed by atoms with E-state index in [2.05, 4.69) is 70.3 Å². The van der Waals surface area contributed by atoms with E-state index in [1.54, 1.807) is 32.6 Å². The third-order valence-electron chi connectivity index (χ3n) is 6.40. The first-order chi connectivity index (χ1) is 11.5. The SMILES string of the molecule is CCC1=C2c3c(ccc(c3-c3ccc(C(C)CC)cc3)[Si]2(C)C)C1. The quantitative estimate of drug-likeness (QED) is 0.597. The summed E-state index contributed by atoms with van der Waals surface area (Å²) in [6, 6.07) is 14.3. The topological polar surface area (TPSA) is 0 Å². The average Bonchev–Trinajstić information content (AvgIpc) is 3.05. The van der Waals surface area contributed by atoms with Crippen LogP contribution in [0.3, 0.4) is 0 Å². The third kappa shape index (κ3) is 2.04. The highest BCUT2D eigenvalue weighted by Gasteiger charge is 2.45. The lowest BCUT2D eigenvalue weighted by Crippen LogP contribution is -2.39. The molecule has 1 aliphatic heterocycles. The van der Waals surface area contributed by atoms with Crippen LogP contribution in [-0.2, 0) is 6.42 Å². The van der Waals surface area contributed by atoms with Crippen LogP contribution in [-0.4, -0.2) is 8.07 Å². The van der Waals surface area contributed by atoms with Crippen LogP contribution >= 0.6 is 0 Å². The minimum atomic E-state index is -1.52. The fourth-order valence-corrected chi connectivity index (χ4v) is 8.52. The fourth-order valence-electron chi connectivity index (χ4n) is 4.80. The van der Waals surface area contributed by atoms with Gasteiger partial charge in [-0.15, -0.1) is 0 Å². The van der Waals surface area contributed by atoms with E-state index in [1.165, 1.54) is 30.4 Å². The lowest BCUT2D eigenvalue weighted by atomic mass is 9.93. The molecule has 0 saturated carbocycles. The van der Waals surface area contributed by atoms with Gasteiger partial charge >= 0.3 is 0 Å². The Labute approximate surface area is 147 Å². The van der Waals surface area contributed by atoms with E-state index in [0.29, 0.717) is 5.92 Å². The normalized spacial score (nSPS) is 18.4. The van der Waals surface area contributed by atoms with E-state index in [1.807, 2.05) is 0 Å². The summed E-state index contributed by atoms with van der Waals surface area (Å²) in [7, 11) is -1.52. The number of benzene rings is 2. The van der Waals surface area contributed by atoms with Crippen molar-refractivity contribution < 1.29 is 0 Å². The van der Waals surface area contributed by atoms with Crippen molar-refractivity contribution in [2.75, 3.05) is 0 Å². The van der Waals surface area contributed by atoms with Gasteiger partial charge in [0.1, 0.15) is 8.07 Å². The van der Waals surface area contributed by atoms with Crippen LogP contribution < -0.4 is 5.19 Å². The van der Waals surface area contributed by atoms with Crippen molar-refractivity contribution in [3.63, 3.8) is 0 Å². The van der Waals surface area contributed by atoms with Crippen LogP contribution in [0.15, 0.2) is 42.0 Å². The summed E-state index contributed by atoms with van der Waals surface area (Å²) in [5, 5.41) is 3.42. The number of allylic oxidation sites excluding steroid dienone is 1. The van der Waals surface area contributed by atoms with Gasteiger partial charge in [0.25, 0.3) is 0 Å². The van der Waals surface area contributed by atoms with Gasteiger partial charge in [-0.3, -0.25) is 0 Å². The zero-order chi connectivity index (χ0) is 17.1. The molecule has 2 aromatic rings. The fraction of sp³-hybridized carbons (Fsp3) is 0.391. The Hall–Kier alpha value is -1.60. The number of fused-ring (bicyclic) bond motifs is 1. The van der Waals surface area contributed by atoms with Crippen molar-refractivity contribution in [2.45, 2.75) is 59.0 Å². The number of hydrogen-bond acceptors (Lipinski definition) is 0. The van der Waals surface area contributed by atoms with Crippen molar-refractivity contribution in [3.05, 3.63) is 58.7 Å². The standard InChI is InChI=1S/C23H28Si/c1-6-15(3)17-8-10-18(11-9-17)21-20-13-12-19-14-16(7-2)23(22(19)21)24(20,4)5/h8-13,15H,6-7,14H2,1-5H3. The molecule has 2 bridgehead atoms. The summed E-state index contributed by atoms with van der Waals surface area (Å²) in [5.41, 5.74) is 9.38. The lowest BCUT2D eigenvalue weighted by molar-refractivity contribution is 0.734. The van der Waals surface area contributed by atoms with E-state index in [9.17, 15) is 0 Å². The molecule has 0 N–H and O–H groups in total. The summed E-state index contributed by atoms with van der Waals surface area (Å²) in [6.45, 7) is 12.0. The molecule has 0 radical (unpaired) electrons. The van der Waals surface area contributed by atoms with Gasteiger partial charge in [0.05, 0.1) is 0 Å². The zero-order valence-corrected chi connectivity index (χ0v) is 16.7. The van der Waals surface area contributed by atoms with E-state index in [4.69, 9.17) is 0 Å². The molecule has 0 saturated heterocycles. The maximum Gasteiger partial charge on any atom is 0.113 e. The Balaban J connectivity index is 1.89. The van der Waals surface area contributed by atoms with Crippen LogP contribution in [0.5, 0.6) is 0 Å². The second-order valence-corrected chi connectivity index (χ2v) is 12.4. The molecule has 1 heterocycles. The Morgan fingerprint density at radius 3 is 2.29 bits per heavy atom. The van der Waals surface area contributed by atoms with Crippen molar-refractivity contribution in [1.29, 1.82) is 0 Å². The van der Waals surface area contributed by atoms with Crippen LogP contribution in [0.25, 0.3) is 16.3 Å². The third-order valence-corrected chi connectivity index (χ3v) is 10.0. The van der Waals surface area contributed by atoms with Crippen LogP contribution in [0, 0.1) is 0 Å². The molecule has 24 heavy (non-hydrogen) atoms. The molecule has 0 amide bonds. The van der Waals surface area contributed by atoms with Crippen LogP contribution in [0.1, 0.15) is 56.2 Å². The highest BCUT2D eigenvalue weighted by atomic mass is 28.3. The Morgan fingerprint density at radius 1 is 0.958 bits per heavy atom. The Bertz CT molecular complexity index is 837.